The SMILES string of the molecule is c1ccc2c(c1)CC(CNc1ccc3c(c1)OCCO3)S2. The molecule has 2 heterocycles. The highest BCUT2D eigenvalue weighted by Crippen LogP contribution is 2.37. The third-order valence-electron chi connectivity index (χ3n) is 3.79. The van der Waals surface area contributed by atoms with Gasteiger partial charge in [-0.25, -0.2) is 0 Å². The second-order valence-electron chi connectivity index (χ2n) is 5.29. The maximum atomic E-state index is 5.62. The highest BCUT2D eigenvalue weighted by Gasteiger charge is 2.21. The van der Waals surface area contributed by atoms with Crippen LogP contribution in [0, 0.1) is 0 Å². The standard InChI is InChI=1S/C17H17NO2S/c1-2-4-17-12(3-1)9-14(21-17)11-18-13-5-6-15-16(10-13)20-8-7-19-15/h1-6,10,14,18H,7-9,11H2. The lowest BCUT2D eigenvalue weighted by Gasteiger charge is -2.19. The van der Waals surface area contributed by atoms with Crippen LogP contribution in [0.15, 0.2) is 47.4 Å². The minimum absolute atomic E-state index is 0.593. The first-order valence-electron chi connectivity index (χ1n) is 7.26. The van der Waals surface area contributed by atoms with Crippen LogP contribution in [0.4, 0.5) is 5.69 Å². The molecule has 0 aliphatic carbocycles. The van der Waals surface area contributed by atoms with Crippen molar-refractivity contribution in [2.75, 3.05) is 25.1 Å². The van der Waals surface area contributed by atoms with Crippen LogP contribution in [0.2, 0.25) is 0 Å². The molecule has 0 radical (unpaired) electrons. The van der Waals surface area contributed by atoms with Crippen LogP contribution in [0.3, 0.4) is 0 Å². The first-order chi connectivity index (χ1) is 10.4. The average molecular weight is 299 g/mol. The van der Waals surface area contributed by atoms with Gasteiger partial charge in [-0.05, 0) is 30.2 Å². The van der Waals surface area contributed by atoms with Crippen LogP contribution in [-0.2, 0) is 6.42 Å². The summed E-state index contributed by atoms with van der Waals surface area (Å²) in [5.74, 6) is 1.68. The number of nitrogens with one attached hydrogen (secondary N) is 1. The maximum Gasteiger partial charge on any atom is 0.163 e. The Morgan fingerprint density at radius 3 is 2.81 bits per heavy atom. The molecule has 0 aromatic heterocycles. The highest BCUT2D eigenvalue weighted by molar-refractivity contribution is 8.00. The second-order valence-corrected chi connectivity index (χ2v) is 6.63. The molecular weight excluding hydrogens is 282 g/mol. The molecule has 1 atom stereocenters. The molecular formula is C17H17NO2S. The molecule has 0 saturated heterocycles. The van der Waals surface area contributed by atoms with Crippen molar-refractivity contribution >= 4 is 17.4 Å². The van der Waals surface area contributed by atoms with Gasteiger partial charge >= 0.3 is 0 Å². The van der Waals surface area contributed by atoms with Crippen LogP contribution in [0.5, 0.6) is 11.5 Å². The maximum absolute atomic E-state index is 5.62. The predicted octanol–water partition coefficient (Wildman–Crippen LogP) is 3.59. The van der Waals surface area contributed by atoms with Gasteiger partial charge in [0.2, 0.25) is 0 Å². The van der Waals surface area contributed by atoms with Crippen molar-refractivity contribution in [2.24, 2.45) is 0 Å². The van der Waals surface area contributed by atoms with Crippen molar-refractivity contribution in [1.82, 2.24) is 0 Å². The summed E-state index contributed by atoms with van der Waals surface area (Å²) in [6, 6.07) is 14.7. The number of hydrogen-bond donors (Lipinski definition) is 1. The van der Waals surface area contributed by atoms with E-state index in [4.69, 9.17) is 9.47 Å². The number of rotatable bonds is 3. The van der Waals surface area contributed by atoms with Crippen molar-refractivity contribution in [3.8, 4) is 11.5 Å². The largest absolute Gasteiger partial charge is 0.486 e. The van der Waals surface area contributed by atoms with Crippen LogP contribution in [0.25, 0.3) is 0 Å². The van der Waals surface area contributed by atoms with E-state index in [0.717, 1.165) is 30.2 Å². The molecule has 0 spiro atoms. The molecule has 2 aliphatic heterocycles. The zero-order valence-electron chi connectivity index (χ0n) is 11.7. The Kier molecular flexibility index (Phi) is 3.39. The molecule has 108 valence electrons. The van der Waals surface area contributed by atoms with Gasteiger partial charge in [-0.2, -0.15) is 0 Å². The van der Waals surface area contributed by atoms with E-state index in [-0.39, 0.29) is 0 Å². The summed E-state index contributed by atoms with van der Waals surface area (Å²) in [6.45, 7) is 2.22. The molecule has 3 nitrogen and oxygen atoms in total. The number of benzene rings is 2. The van der Waals surface area contributed by atoms with Gasteiger partial charge in [-0.15, -0.1) is 11.8 Å². The number of fused-ring (bicyclic) bond motifs is 2. The summed E-state index contributed by atoms with van der Waals surface area (Å²) in [5, 5.41) is 4.11. The Labute approximate surface area is 128 Å². The van der Waals surface area contributed by atoms with Crippen molar-refractivity contribution < 1.29 is 9.47 Å². The van der Waals surface area contributed by atoms with Gasteiger partial charge in [0.25, 0.3) is 0 Å². The van der Waals surface area contributed by atoms with Crippen LogP contribution >= 0.6 is 11.8 Å². The summed E-state index contributed by atoms with van der Waals surface area (Å²) in [5.41, 5.74) is 2.56. The van der Waals surface area contributed by atoms with E-state index in [1.807, 2.05) is 23.9 Å². The summed E-state index contributed by atoms with van der Waals surface area (Å²) >= 11 is 1.97. The topological polar surface area (TPSA) is 30.5 Å². The van der Waals surface area contributed by atoms with E-state index >= 15 is 0 Å². The second kappa shape index (κ2) is 5.53. The van der Waals surface area contributed by atoms with Crippen molar-refractivity contribution in [3.05, 3.63) is 48.0 Å². The molecule has 0 amide bonds. The zero-order chi connectivity index (χ0) is 14.1. The van der Waals surface area contributed by atoms with E-state index in [1.54, 1.807) is 0 Å². The van der Waals surface area contributed by atoms with Gasteiger partial charge in [0.05, 0.1) is 0 Å². The molecule has 2 aromatic carbocycles. The van der Waals surface area contributed by atoms with Crippen molar-refractivity contribution in [1.29, 1.82) is 0 Å². The summed E-state index contributed by atoms with van der Waals surface area (Å²) in [7, 11) is 0. The lowest BCUT2D eigenvalue weighted by molar-refractivity contribution is 0.171. The predicted molar refractivity (Wildman–Crippen MR) is 85.7 cm³/mol. The van der Waals surface area contributed by atoms with Gasteiger partial charge in [-0.3, -0.25) is 0 Å². The minimum atomic E-state index is 0.593. The zero-order valence-corrected chi connectivity index (χ0v) is 12.5. The molecule has 0 fully saturated rings. The molecule has 0 saturated carbocycles. The van der Waals surface area contributed by atoms with E-state index in [2.05, 4.69) is 35.6 Å². The normalized spacial score (nSPS) is 19.1. The Morgan fingerprint density at radius 1 is 1.05 bits per heavy atom. The lowest BCUT2D eigenvalue weighted by Crippen LogP contribution is -2.17. The number of hydrogen-bond acceptors (Lipinski definition) is 4. The molecule has 1 unspecified atom stereocenters. The van der Waals surface area contributed by atoms with E-state index in [1.165, 1.54) is 10.5 Å². The van der Waals surface area contributed by atoms with Crippen LogP contribution < -0.4 is 14.8 Å². The summed E-state index contributed by atoms with van der Waals surface area (Å²) in [4.78, 5) is 1.42. The third kappa shape index (κ3) is 2.68. The highest BCUT2D eigenvalue weighted by atomic mass is 32.2. The fourth-order valence-corrected chi connectivity index (χ4v) is 4.00. The molecule has 4 rings (SSSR count). The third-order valence-corrected chi connectivity index (χ3v) is 5.11. The molecule has 21 heavy (non-hydrogen) atoms. The first-order valence-corrected chi connectivity index (χ1v) is 8.14. The number of ether oxygens (including phenoxy) is 2. The minimum Gasteiger partial charge on any atom is -0.486 e. The Balaban J connectivity index is 1.40. The molecule has 2 aromatic rings. The molecule has 2 aliphatic rings. The summed E-state index contributed by atoms with van der Waals surface area (Å²) < 4.78 is 11.2. The summed E-state index contributed by atoms with van der Waals surface area (Å²) in [6.07, 6.45) is 1.14. The van der Waals surface area contributed by atoms with Gasteiger partial charge in [0.15, 0.2) is 11.5 Å². The Hall–Kier alpha value is -1.81. The molecule has 4 heteroatoms. The van der Waals surface area contributed by atoms with Gasteiger partial charge in [0, 0.05) is 28.4 Å². The Morgan fingerprint density at radius 2 is 1.90 bits per heavy atom. The van der Waals surface area contributed by atoms with Crippen LogP contribution in [-0.4, -0.2) is 25.0 Å². The van der Waals surface area contributed by atoms with E-state index < -0.39 is 0 Å². The molecule has 1 N–H and O–H groups in total. The van der Waals surface area contributed by atoms with E-state index in [0.29, 0.717) is 18.5 Å². The van der Waals surface area contributed by atoms with Gasteiger partial charge in [0.1, 0.15) is 13.2 Å². The van der Waals surface area contributed by atoms with Crippen LogP contribution in [0.1, 0.15) is 5.56 Å². The van der Waals surface area contributed by atoms with Crippen molar-refractivity contribution in [2.45, 2.75) is 16.6 Å². The van der Waals surface area contributed by atoms with Gasteiger partial charge < -0.3 is 14.8 Å². The smallest absolute Gasteiger partial charge is 0.163 e. The fraction of sp³-hybridized carbons (Fsp3) is 0.294. The average Bonchev–Trinajstić information content (AvgIpc) is 2.95. The number of thioether (sulfide) groups is 1. The quantitative estimate of drug-likeness (QED) is 0.938. The lowest BCUT2D eigenvalue weighted by atomic mass is 10.1. The Bertz CT molecular complexity index is 634. The monoisotopic (exact) mass is 299 g/mol. The van der Waals surface area contributed by atoms with E-state index in [9.17, 15) is 0 Å². The first kappa shape index (κ1) is 12.9. The van der Waals surface area contributed by atoms with Gasteiger partial charge in [-0.1, -0.05) is 18.2 Å². The van der Waals surface area contributed by atoms with Crippen molar-refractivity contribution in [3.63, 3.8) is 0 Å². The number of anilines is 1. The fourth-order valence-electron chi connectivity index (χ4n) is 2.75. The molecule has 0 bridgehead atoms.